The maximum atomic E-state index is 6.11. The third-order valence-corrected chi connectivity index (χ3v) is 3.31. The molecule has 17 heavy (non-hydrogen) atoms. The van der Waals surface area contributed by atoms with Gasteiger partial charge >= 0.3 is 0 Å². The van der Waals surface area contributed by atoms with E-state index in [0.717, 1.165) is 23.1 Å². The number of hydrogen-bond acceptors (Lipinski definition) is 2. The van der Waals surface area contributed by atoms with E-state index in [1.165, 1.54) is 11.1 Å². The lowest BCUT2D eigenvalue weighted by Crippen LogP contribution is -2.34. The van der Waals surface area contributed by atoms with Crippen LogP contribution >= 0.6 is 15.9 Å². The van der Waals surface area contributed by atoms with E-state index in [-0.39, 0.29) is 11.1 Å². The minimum absolute atomic E-state index is 0.101. The Morgan fingerprint density at radius 1 is 1.41 bits per heavy atom. The van der Waals surface area contributed by atoms with Crippen LogP contribution in [0.15, 0.2) is 16.6 Å². The first kappa shape index (κ1) is 12.9. The number of hydrogen-bond donors (Lipinski definition) is 1. The monoisotopic (exact) mass is 297 g/mol. The third kappa shape index (κ3) is 3.02. The molecule has 1 aliphatic rings. The molecule has 1 heterocycles. The standard InChI is InChI=1S/C14H20BrNO/c1-13(2,16)7-9-5-11(15)6-10-8-14(3,4)17-12(9)10/h5-6H,7-8,16H2,1-4H3. The summed E-state index contributed by atoms with van der Waals surface area (Å²) in [4.78, 5) is 0. The first-order valence-electron chi connectivity index (χ1n) is 5.95. The average molecular weight is 298 g/mol. The minimum Gasteiger partial charge on any atom is -0.487 e. The van der Waals surface area contributed by atoms with Crippen molar-refractivity contribution in [3.8, 4) is 5.75 Å². The largest absolute Gasteiger partial charge is 0.487 e. The Balaban J connectivity index is 2.42. The van der Waals surface area contributed by atoms with Gasteiger partial charge in [-0.3, -0.25) is 0 Å². The molecule has 0 spiro atoms. The molecule has 0 aliphatic carbocycles. The van der Waals surface area contributed by atoms with Gasteiger partial charge in [-0.2, -0.15) is 0 Å². The van der Waals surface area contributed by atoms with E-state index in [0.29, 0.717) is 0 Å². The minimum atomic E-state index is -0.218. The quantitative estimate of drug-likeness (QED) is 0.907. The highest BCUT2D eigenvalue weighted by Crippen LogP contribution is 2.40. The molecule has 94 valence electrons. The van der Waals surface area contributed by atoms with E-state index >= 15 is 0 Å². The summed E-state index contributed by atoms with van der Waals surface area (Å²) in [6.07, 6.45) is 1.78. The molecule has 2 rings (SSSR count). The highest BCUT2D eigenvalue weighted by atomic mass is 79.9. The Bertz CT molecular complexity index is 446. The lowest BCUT2D eigenvalue weighted by Gasteiger charge is -2.22. The Morgan fingerprint density at radius 3 is 2.65 bits per heavy atom. The van der Waals surface area contributed by atoms with Gasteiger partial charge in [-0.15, -0.1) is 0 Å². The van der Waals surface area contributed by atoms with Gasteiger partial charge < -0.3 is 10.5 Å². The van der Waals surface area contributed by atoms with Gasteiger partial charge in [0.25, 0.3) is 0 Å². The zero-order chi connectivity index (χ0) is 12.8. The zero-order valence-corrected chi connectivity index (χ0v) is 12.5. The topological polar surface area (TPSA) is 35.2 Å². The number of rotatable bonds is 2. The molecule has 0 amide bonds. The van der Waals surface area contributed by atoms with Crippen molar-refractivity contribution in [2.45, 2.75) is 51.7 Å². The first-order valence-corrected chi connectivity index (χ1v) is 6.75. The molecule has 2 N–H and O–H groups in total. The summed E-state index contributed by atoms with van der Waals surface area (Å²) < 4.78 is 7.16. The van der Waals surface area contributed by atoms with Crippen LogP contribution in [0.25, 0.3) is 0 Å². The molecular formula is C14H20BrNO. The van der Waals surface area contributed by atoms with Crippen LogP contribution in [0.3, 0.4) is 0 Å². The van der Waals surface area contributed by atoms with Gasteiger partial charge in [-0.25, -0.2) is 0 Å². The van der Waals surface area contributed by atoms with Crippen LogP contribution in [-0.2, 0) is 12.8 Å². The fourth-order valence-electron chi connectivity index (χ4n) is 2.37. The number of nitrogens with two attached hydrogens (primary N) is 1. The molecule has 0 saturated heterocycles. The third-order valence-electron chi connectivity index (χ3n) is 2.85. The molecule has 0 radical (unpaired) electrons. The molecule has 0 fully saturated rings. The number of halogens is 1. The Hall–Kier alpha value is -0.540. The summed E-state index contributed by atoms with van der Waals surface area (Å²) in [5.74, 6) is 1.04. The van der Waals surface area contributed by atoms with E-state index in [1.54, 1.807) is 0 Å². The highest BCUT2D eigenvalue weighted by Gasteiger charge is 2.32. The first-order chi connectivity index (χ1) is 7.66. The van der Waals surface area contributed by atoms with Gasteiger partial charge in [0, 0.05) is 16.4 Å². The van der Waals surface area contributed by atoms with Crippen LogP contribution in [0.1, 0.15) is 38.8 Å². The van der Waals surface area contributed by atoms with E-state index in [1.807, 2.05) is 13.8 Å². The van der Waals surface area contributed by atoms with Crippen LogP contribution < -0.4 is 10.5 Å². The van der Waals surface area contributed by atoms with Crippen LogP contribution in [-0.4, -0.2) is 11.1 Å². The summed E-state index contributed by atoms with van der Waals surface area (Å²) in [6.45, 7) is 8.33. The average Bonchev–Trinajstić information content (AvgIpc) is 2.36. The van der Waals surface area contributed by atoms with Gasteiger partial charge in [0.1, 0.15) is 11.4 Å². The second kappa shape index (κ2) is 3.99. The van der Waals surface area contributed by atoms with Crippen molar-refractivity contribution in [3.63, 3.8) is 0 Å². The van der Waals surface area contributed by atoms with E-state index in [9.17, 15) is 0 Å². The van der Waals surface area contributed by atoms with Crippen LogP contribution in [0.2, 0.25) is 0 Å². The highest BCUT2D eigenvalue weighted by molar-refractivity contribution is 9.10. The molecule has 1 aromatic carbocycles. The van der Waals surface area contributed by atoms with Gasteiger partial charge in [0.15, 0.2) is 0 Å². The van der Waals surface area contributed by atoms with Crippen molar-refractivity contribution in [1.82, 2.24) is 0 Å². The molecule has 0 aromatic heterocycles. The van der Waals surface area contributed by atoms with Crippen LogP contribution in [0, 0.1) is 0 Å². The Morgan fingerprint density at radius 2 is 2.06 bits per heavy atom. The number of ether oxygens (including phenoxy) is 1. The van der Waals surface area contributed by atoms with Crippen LogP contribution in [0.4, 0.5) is 0 Å². The summed E-state index contributed by atoms with van der Waals surface area (Å²) in [6, 6.07) is 4.27. The Labute approximate surface area is 112 Å². The molecule has 2 nitrogen and oxygen atoms in total. The normalized spacial score (nSPS) is 17.8. The molecular weight excluding hydrogens is 278 g/mol. The summed E-state index contributed by atoms with van der Waals surface area (Å²) in [7, 11) is 0. The summed E-state index contributed by atoms with van der Waals surface area (Å²) in [5, 5.41) is 0. The summed E-state index contributed by atoms with van der Waals surface area (Å²) >= 11 is 3.56. The van der Waals surface area contributed by atoms with Gasteiger partial charge in [-0.05, 0) is 57.4 Å². The summed E-state index contributed by atoms with van der Waals surface area (Å²) in [5.41, 5.74) is 8.27. The molecule has 1 aromatic rings. The van der Waals surface area contributed by atoms with Crippen molar-refractivity contribution in [2.75, 3.05) is 0 Å². The lowest BCUT2D eigenvalue weighted by molar-refractivity contribution is 0.137. The molecule has 0 unspecified atom stereocenters. The maximum Gasteiger partial charge on any atom is 0.126 e. The zero-order valence-electron chi connectivity index (χ0n) is 10.9. The van der Waals surface area contributed by atoms with Gasteiger partial charge in [0.2, 0.25) is 0 Å². The predicted molar refractivity (Wildman–Crippen MR) is 74.5 cm³/mol. The van der Waals surface area contributed by atoms with E-state index < -0.39 is 0 Å². The smallest absolute Gasteiger partial charge is 0.126 e. The molecule has 1 aliphatic heterocycles. The second-order valence-corrected chi connectivity index (χ2v) is 7.17. The maximum absolute atomic E-state index is 6.11. The Kier molecular flexibility index (Phi) is 3.03. The van der Waals surface area contributed by atoms with Gasteiger partial charge in [0.05, 0.1) is 0 Å². The van der Waals surface area contributed by atoms with Crippen molar-refractivity contribution >= 4 is 15.9 Å². The fourth-order valence-corrected chi connectivity index (χ4v) is 2.92. The molecule has 0 atom stereocenters. The number of benzene rings is 1. The van der Waals surface area contributed by atoms with Crippen molar-refractivity contribution < 1.29 is 4.74 Å². The van der Waals surface area contributed by atoms with Crippen molar-refractivity contribution in [2.24, 2.45) is 5.73 Å². The van der Waals surface area contributed by atoms with E-state index in [2.05, 4.69) is 41.9 Å². The predicted octanol–water partition coefficient (Wildman–Crippen LogP) is 3.44. The SMILES string of the molecule is CC(C)(N)Cc1cc(Br)cc2c1OC(C)(C)C2. The van der Waals surface area contributed by atoms with Gasteiger partial charge in [-0.1, -0.05) is 15.9 Å². The molecule has 0 saturated carbocycles. The number of fused-ring (bicyclic) bond motifs is 1. The molecule has 0 bridgehead atoms. The van der Waals surface area contributed by atoms with Crippen molar-refractivity contribution in [1.29, 1.82) is 0 Å². The lowest BCUT2D eigenvalue weighted by atomic mass is 9.93. The fraction of sp³-hybridized carbons (Fsp3) is 0.571. The second-order valence-electron chi connectivity index (χ2n) is 6.26. The van der Waals surface area contributed by atoms with Crippen molar-refractivity contribution in [3.05, 3.63) is 27.7 Å². The van der Waals surface area contributed by atoms with E-state index in [4.69, 9.17) is 10.5 Å². The van der Waals surface area contributed by atoms with Crippen LogP contribution in [0.5, 0.6) is 5.75 Å². The molecule has 3 heteroatoms.